The molecule has 0 saturated heterocycles. The van der Waals surface area contributed by atoms with E-state index in [0.29, 0.717) is 27.2 Å². The maximum absolute atomic E-state index is 9.19. The lowest BCUT2D eigenvalue weighted by atomic mass is 10.2. The normalized spacial score (nSPS) is 9.90. The predicted molar refractivity (Wildman–Crippen MR) is 84.1 cm³/mol. The molecule has 0 aliphatic heterocycles. The third kappa shape index (κ3) is 2.86. The second-order valence-electron chi connectivity index (χ2n) is 4.44. The molecule has 0 heterocycles. The first-order chi connectivity index (χ1) is 9.52. The molecular weight excluding hydrogens is 318 g/mol. The predicted octanol–water partition coefficient (Wildman–Crippen LogP) is 3.76. The minimum absolute atomic E-state index is 0.446. The van der Waals surface area contributed by atoms with Gasteiger partial charge in [0.15, 0.2) is 5.75 Å². The largest absolute Gasteiger partial charge is 0.454 e. The molecule has 20 heavy (non-hydrogen) atoms. The van der Waals surface area contributed by atoms with Crippen LogP contribution in [0.4, 0.5) is 11.4 Å². The molecule has 0 unspecified atom stereocenters. The first kappa shape index (κ1) is 14.2. The molecule has 0 fully saturated rings. The van der Waals surface area contributed by atoms with Crippen LogP contribution in [0.5, 0.6) is 11.5 Å². The zero-order chi connectivity index (χ0) is 14.7. The molecule has 0 aromatic heterocycles. The van der Waals surface area contributed by atoms with Crippen LogP contribution in [0.15, 0.2) is 40.9 Å². The summed E-state index contributed by atoms with van der Waals surface area (Å²) in [5.74, 6) is 1.01. The van der Waals surface area contributed by atoms with Crippen LogP contribution in [-0.2, 0) is 0 Å². The van der Waals surface area contributed by atoms with Crippen LogP contribution in [0.3, 0.4) is 0 Å². The maximum atomic E-state index is 9.19. The highest BCUT2D eigenvalue weighted by Crippen LogP contribution is 2.34. The van der Waals surface area contributed by atoms with Crippen molar-refractivity contribution in [1.29, 1.82) is 5.26 Å². The van der Waals surface area contributed by atoms with Gasteiger partial charge in [-0.3, -0.25) is 0 Å². The highest BCUT2D eigenvalue weighted by Gasteiger charge is 2.11. The molecule has 0 atom stereocenters. The third-order valence-corrected chi connectivity index (χ3v) is 3.48. The molecule has 4 nitrogen and oxygen atoms in total. The zero-order valence-electron chi connectivity index (χ0n) is 11.2. The van der Waals surface area contributed by atoms with Crippen LogP contribution in [0.1, 0.15) is 5.56 Å². The molecule has 0 radical (unpaired) electrons. The van der Waals surface area contributed by atoms with Crippen molar-refractivity contribution in [3.8, 4) is 17.6 Å². The average Bonchev–Trinajstić information content (AvgIpc) is 2.41. The Balaban J connectivity index is 2.43. The number of hydrogen-bond acceptors (Lipinski definition) is 4. The lowest BCUT2D eigenvalue weighted by Crippen LogP contribution is -2.08. The van der Waals surface area contributed by atoms with E-state index < -0.39 is 0 Å². The van der Waals surface area contributed by atoms with E-state index in [4.69, 9.17) is 10.5 Å². The lowest BCUT2D eigenvalue weighted by molar-refractivity contribution is 0.483. The highest BCUT2D eigenvalue weighted by atomic mass is 79.9. The number of ether oxygens (including phenoxy) is 1. The SMILES string of the molecule is CN(C)c1ccc(N)c(Oc2cccc(Br)c2C#N)c1. The fraction of sp³-hybridized carbons (Fsp3) is 0.133. The number of nitrogen functional groups attached to an aromatic ring is 1. The summed E-state index contributed by atoms with van der Waals surface area (Å²) in [5.41, 5.74) is 7.88. The summed E-state index contributed by atoms with van der Waals surface area (Å²) in [4.78, 5) is 1.96. The van der Waals surface area contributed by atoms with Crippen molar-refractivity contribution in [3.63, 3.8) is 0 Å². The van der Waals surface area contributed by atoms with Crippen LogP contribution in [0.25, 0.3) is 0 Å². The maximum Gasteiger partial charge on any atom is 0.152 e. The van der Waals surface area contributed by atoms with Gasteiger partial charge in [0.25, 0.3) is 0 Å². The summed E-state index contributed by atoms with van der Waals surface area (Å²) in [6.45, 7) is 0. The highest BCUT2D eigenvalue weighted by molar-refractivity contribution is 9.10. The molecule has 2 aromatic carbocycles. The van der Waals surface area contributed by atoms with E-state index in [1.54, 1.807) is 18.2 Å². The summed E-state index contributed by atoms with van der Waals surface area (Å²) < 4.78 is 6.49. The summed E-state index contributed by atoms with van der Waals surface area (Å²) in [6.07, 6.45) is 0. The van der Waals surface area contributed by atoms with Gasteiger partial charge in [-0.05, 0) is 40.2 Å². The topological polar surface area (TPSA) is 62.3 Å². The van der Waals surface area contributed by atoms with Gasteiger partial charge in [-0.1, -0.05) is 6.07 Å². The first-order valence-electron chi connectivity index (χ1n) is 5.96. The third-order valence-electron chi connectivity index (χ3n) is 2.82. The minimum Gasteiger partial charge on any atom is -0.454 e. The zero-order valence-corrected chi connectivity index (χ0v) is 12.8. The fourth-order valence-corrected chi connectivity index (χ4v) is 2.14. The van der Waals surface area contributed by atoms with E-state index in [9.17, 15) is 5.26 Å². The van der Waals surface area contributed by atoms with Gasteiger partial charge in [-0.2, -0.15) is 5.26 Å². The van der Waals surface area contributed by atoms with Gasteiger partial charge in [0.05, 0.1) is 5.69 Å². The Kier molecular flexibility index (Phi) is 4.16. The fourth-order valence-electron chi connectivity index (χ4n) is 1.71. The molecule has 0 amide bonds. The molecule has 0 aliphatic carbocycles. The lowest BCUT2D eigenvalue weighted by Gasteiger charge is -2.16. The Morgan fingerprint density at radius 1 is 1.20 bits per heavy atom. The number of rotatable bonds is 3. The van der Waals surface area contributed by atoms with Crippen LogP contribution in [0, 0.1) is 11.3 Å². The van der Waals surface area contributed by atoms with Crippen molar-refractivity contribution >= 4 is 27.3 Å². The summed E-state index contributed by atoms with van der Waals surface area (Å²) >= 11 is 3.33. The van der Waals surface area contributed by atoms with Gasteiger partial charge >= 0.3 is 0 Å². The number of halogens is 1. The molecular formula is C15H14BrN3O. The molecule has 0 bridgehead atoms. The van der Waals surface area contributed by atoms with Gasteiger partial charge in [-0.15, -0.1) is 0 Å². The first-order valence-corrected chi connectivity index (χ1v) is 6.75. The van der Waals surface area contributed by atoms with Crippen molar-refractivity contribution in [2.24, 2.45) is 0 Å². The summed E-state index contributed by atoms with van der Waals surface area (Å²) in [6, 6.07) is 13.0. The summed E-state index contributed by atoms with van der Waals surface area (Å²) in [7, 11) is 3.88. The van der Waals surface area contributed by atoms with E-state index in [1.807, 2.05) is 37.2 Å². The Bertz CT molecular complexity index is 677. The van der Waals surface area contributed by atoms with Gasteiger partial charge in [0, 0.05) is 30.3 Å². The van der Waals surface area contributed by atoms with E-state index in [-0.39, 0.29) is 0 Å². The summed E-state index contributed by atoms with van der Waals surface area (Å²) in [5, 5.41) is 9.19. The van der Waals surface area contributed by atoms with Crippen LogP contribution in [-0.4, -0.2) is 14.1 Å². The molecule has 0 aliphatic rings. The Labute approximate surface area is 126 Å². The average molecular weight is 332 g/mol. The van der Waals surface area contributed by atoms with Crippen LogP contribution >= 0.6 is 15.9 Å². The molecule has 0 saturated carbocycles. The van der Waals surface area contributed by atoms with Crippen LogP contribution in [0.2, 0.25) is 0 Å². The molecule has 2 N–H and O–H groups in total. The van der Waals surface area contributed by atoms with Gasteiger partial charge < -0.3 is 15.4 Å². The smallest absolute Gasteiger partial charge is 0.152 e. The number of nitrogens with two attached hydrogens (primary N) is 1. The van der Waals surface area contributed by atoms with E-state index in [1.165, 1.54) is 0 Å². The van der Waals surface area contributed by atoms with Crippen molar-refractivity contribution in [3.05, 3.63) is 46.4 Å². The van der Waals surface area contributed by atoms with Crippen molar-refractivity contribution in [1.82, 2.24) is 0 Å². The number of benzene rings is 2. The standard InChI is InChI=1S/C15H14BrN3O/c1-19(2)10-6-7-13(18)15(8-10)20-14-5-3-4-12(16)11(14)9-17/h3-8H,18H2,1-2H3. The number of nitrogens with zero attached hydrogens (tertiary/aromatic N) is 2. The van der Waals surface area contributed by atoms with Gasteiger partial charge in [-0.25, -0.2) is 0 Å². The molecule has 2 aromatic rings. The van der Waals surface area contributed by atoms with Crippen molar-refractivity contribution < 1.29 is 4.74 Å². The quantitative estimate of drug-likeness (QED) is 0.870. The second kappa shape index (κ2) is 5.85. The van der Waals surface area contributed by atoms with Gasteiger partial charge in [0.1, 0.15) is 17.4 Å². The van der Waals surface area contributed by atoms with E-state index >= 15 is 0 Å². The number of anilines is 2. The molecule has 102 valence electrons. The second-order valence-corrected chi connectivity index (χ2v) is 5.30. The molecule has 5 heteroatoms. The minimum atomic E-state index is 0.446. The van der Waals surface area contributed by atoms with E-state index in [2.05, 4.69) is 22.0 Å². The number of hydrogen-bond donors (Lipinski definition) is 1. The Hall–Kier alpha value is -2.19. The Morgan fingerprint density at radius 3 is 2.60 bits per heavy atom. The monoisotopic (exact) mass is 331 g/mol. The molecule has 2 rings (SSSR count). The number of nitriles is 1. The van der Waals surface area contributed by atoms with Crippen molar-refractivity contribution in [2.75, 3.05) is 24.7 Å². The van der Waals surface area contributed by atoms with Crippen molar-refractivity contribution in [2.45, 2.75) is 0 Å². The Morgan fingerprint density at radius 2 is 1.95 bits per heavy atom. The van der Waals surface area contributed by atoms with Crippen LogP contribution < -0.4 is 15.4 Å². The molecule has 0 spiro atoms. The van der Waals surface area contributed by atoms with Gasteiger partial charge in [0.2, 0.25) is 0 Å². The van der Waals surface area contributed by atoms with E-state index in [0.717, 1.165) is 5.69 Å².